The lowest BCUT2D eigenvalue weighted by Crippen LogP contribution is -1.86. The highest BCUT2D eigenvalue weighted by Gasteiger charge is 1.99. The van der Waals surface area contributed by atoms with E-state index in [1.54, 1.807) is 24.2 Å². The lowest BCUT2D eigenvalue weighted by atomic mass is 10.4. The summed E-state index contributed by atoms with van der Waals surface area (Å²) in [6, 6.07) is 5.55. The quantitative estimate of drug-likeness (QED) is 0.779. The van der Waals surface area contributed by atoms with Gasteiger partial charge in [0.05, 0.1) is 28.9 Å². The Labute approximate surface area is 85.5 Å². The molecule has 4 nitrogen and oxygen atoms in total. The van der Waals surface area contributed by atoms with E-state index in [-0.39, 0.29) is 0 Å². The number of nitrogens with two attached hydrogens (primary N) is 1. The van der Waals surface area contributed by atoms with Crippen LogP contribution >= 0.6 is 11.8 Å². The topological polar surface area (TPSA) is 64.9 Å². The molecule has 72 valence electrons. The van der Waals surface area contributed by atoms with Crippen LogP contribution in [0.1, 0.15) is 5.76 Å². The van der Waals surface area contributed by atoms with E-state index in [0.717, 1.165) is 16.5 Å². The van der Waals surface area contributed by atoms with Gasteiger partial charge < -0.3 is 10.3 Å². The molecule has 0 amide bonds. The molecule has 0 aliphatic rings. The van der Waals surface area contributed by atoms with Gasteiger partial charge in [0.15, 0.2) is 0 Å². The number of hydrogen-bond donors (Lipinski definition) is 1. The fourth-order valence-corrected chi connectivity index (χ4v) is 1.67. The van der Waals surface area contributed by atoms with E-state index in [1.165, 1.54) is 0 Å². The zero-order chi connectivity index (χ0) is 9.80. The molecule has 0 unspecified atom stereocenters. The Kier molecular flexibility index (Phi) is 2.69. The van der Waals surface area contributed by atoms with Crippen LogP contribution in [0.3, 0.4) is 0 Å². The molecule has 0 aliphatic carbocycles. The van der Waals surface area contributed by atoms with E-state index < -0.39 is 0 Å². The lowest BCUT2D eigenvalue weighted by molar-refractivity contribution is 0.395. The maximum absolute atomic E-state index is 5.52. The molecule has 2 aromatic heterocycles. The Bertz CT molecular complexity index is 385. The number of rotatable bonds is 3. The van der Waals surface area contributed by atoms with Crippen LogP contribution in [0.25, 0.3) is 0 Å². The van der Waals surface area contributed by atoms with Crippen molar-refractivity contribution in [3.63, 3.8) is 0 Å². The molecule has 0 saturated heterocycles. The third-order valence-electron chi connectivity index (χ3n) is 1.61. The van der Waals surface area contributed by atoms with Crippen molar-refractivity contribution in [2.45, 2.75) is 10.8 Å². The maximum atomic E-state index is 5.52. The molecule has 0 saturated carbocycles. The van der Waals surface area contributed by atoms with Crippen molar-refractivity contribution < 1.29 is 4.52 Å². The highest BCUT2D eigenvalue weighted by molar-refractivity contribution is 7.98. The lowest BCUT2D eigenvalue weighted by Gasteiger charge is -1.97. The fraction of sp³-hybridized carbons (Fsp3) is 0.111. The Morgan fingerprint density at radius 1 is 1.36 bits per heavy atom. The van der Waals surface area contributed by atoms with Crippen molar-refractivity contribution in [1.82, 2.24) is 10.1 Å². The van der Waals surface area contributed by atoms with Gasteiger partial charge in [-0.05, 0) is 12.1 Å². The largest absolute Gasteiger partial charge is 0.397 e. The van der Waals surface area contributed by atoms with Crippen molar-refractivity contribution in [2.75, 3.05) is 5.73 Å². The molecule has 0 fully saturated rings. The average molecular weight is 207 g/mol. The van der Waals surface area contributed by atoms with Crippen LogP contribution < -0.4 is 5.73 Å². The molecule has 14 heavy (non-hydrogen) atoms. The van der Waals surface area contributed by atoms with E-state index in [2.05, 4.69) is 10.1 Å². The van der Waals surface area contributed by atoms with E-state index in [4.69, 9.17) is 10.3 Å². The van der Waals surface area contributed by atoms with E-state index in [1.807, 2.05) is 18.2 Å². The number of nitrogen functional groups attached to an aromatic ring is 1. The van der Waals surface area contributed by atoms with Crippen molar-refractivity contribution in [3.05, 3.63) is 36.4 Å². The monoisotopic (exact) mass is 207 g/mol. The standard InChI is InChI=1S/C9H9N3OS/c10-7-1-2-9(11-5-7)14-6-8-3-4-12-13-8/h1-5H,6,10H2. The predicted octanol–water partition coefficient (Wildman–Crippen LogP) is 1.94. The zero-order valence-corrected chi connectivity index (χ0v) is 8.20. The van der Waals surface area contributed by atoms with Crippen LogP contribution in [0, 0.1) is 0 Å². The summed E-state index contributed by atoms with van der Waals surface area (Å²) in [4.78, 5) is 4.15. The molecule has 2 heterocycles. The third kappa shape index (κ3) is 2.26. The van der Waals surface area contributed by atoms with Gasteiger partial charge in [-0.1, -0.05) is 16.9 Å². The second kappa shape index (κ2) is 4.15. The number of aromatic nitrogens is 2. The maximum Gasteiger partial charge on any atom is 0.146 e. The Balaban J connectivity index is 1.95. The average Bonchev–Trinajstić information content (AvgIpc) is 2.70. The minimum Gasteiger partial charge on any atom is -0.397 e. The number of pyridine rings is 1. The second-order valence-corrected chi connectivity index (χ2v) is 3.69. The summed E-state index contributed by atoms with van der Waals surface area (Å²) in [5.41, 5.74) is 6.19. The molecule has 2 rings (SSSR count). The highest BCUT2D eigenvalue weighted by atomic mass is 32.2. The van der Waals surface area contributed by atoms with Gasteiger partial charge in [-0.3, -0.25) is 0 Å². The van der Waals surface area contributed by atoms with Gasteiger partial charge in [0.2, 0.25) is 0 Å². The Morgan fingerprint density at radius 2 is 2.29 bits per heavy atom. The summed E-state index contributed by atoms with van der Waals surface area (Å²) in [5, 5.41) is 4.55. The number of nitrogens with zero attached hydrogens (tertiary/aromatic N) is 2. The molecule has 0 aromatic carbocycles. The first-order valence-corrected chi connectivity index (χ1v) is 5.07. The summed E-state index contributed by atoms with van der Waals surface area (Å²) in [7, 11) is 0. The first kappa shape index (κ1) is 9.08. The normalized spacial score (nSPS) is 10.3. The summed E-state index contributed by atoms with van der Waals surface area (Å²) < 4.78 is 4.96. The van der Waals surface area contributed by atoms with Crippen molar-refractivity contribution in [1.29, 1.82) is 0 Å². The molecule has 0 aliphatic heterocycles. The van der Waals surface area contributed by atoms with Crippen LogP contribution in [0.15, 0.2) is 40.1 Å². The van der Waals surface area contributed by atoms with Crippen LogP contribution in [-0.4, -0.2) is 10.1 Å². The van der Waals surface area contributed by atoms with Crippen LogP contribution in [0.5, 0.6) is 0 Å². The van der Waals surface area contributed by atoms with Crippen LogP contribution in [0.2, 0.25) is 0 Å². The highest BCUT2D eigenvalue weighted by Crippen LogP contribution is 2.20. The van der Waals surface area contributed by atoms with Gasteiger partial charge in [0, 0.05) is 6.07 Å². The van der Waals surface area contributed by atoms with Gasteiger partial charge in [-0.25, -0.2) is 4.98 Å². The first-order valence-electron chi connectivity index (χ1n) is 4.08. The number of thioether (sulfide) groups is 1. The second-order valence-electron chi connectivity index (χ2n) is 2.70. The Hall–Kier alpha value is -1.49. The van der Waals surface area contributed by atoms with E-state index in [0.29, 0.717) is 5.69 Å². The van der Waals surface area contributed by atoms with Gasteiger partial charge in [0.25, 0.3) is 0 Å². The molecule has 2 N–H and O–H groups in total. The minimum absolute atomic E-state index is 0.675. The molecule has 2 aromatic rings. The van der Waals surface area contributed by atoms with Gasteiger partial charge in [0.1, 0.15) is 5.76 Å². The van der Waals surface area contributed by atoms with Crippen molar-refractivity contribution in [2.24, 2.45) is 0 Å². The molecule has 5 heteroatoms. The Morgan fingerprint density at radius 3 is 2.93 bits per heavy atom. The van der Waals surface area contributed by atoms with Crippen molar-refractivity contribution in [3.8, 4) is 0 Å². The summed E-state index contributed by atoms with van der Waals surface area (Å²) in [5.74, 6) is 1.57. The van der Waals surface area contributed by atoms with E-state index in [9.17, 15) is 0 Å². The third-order valence-corrected chi connectivity index (χ3v) is 2.58. The molecular weight excluding hydrogens is 198 g/mol. The molecular formula is C9H9N3OS. The van der Waals surface area contributed by atoms with Gasteiger partial charge in [-0.15, -0.1) is 0 Å². The minimum atomic E-state index is 0.675. The van der Waals surface area contributed by atoms with Crippen LogP contribution in [-0.2, 0) is 5.75 Å². The first-order chi connectivity index (χ1) is 6.84. The molecule has 0 spiro atoms. The molecule has 0 radical (unpaired) electrons. The summed E-state index contributed by atoms with van der Waals surface area (Å²) in [6.45, 7) is 0. The molecule has 0 bridgehead atoms. The predicted molar refractivity (Wildman–Crippen MR) is 54.7 cm³/mol. The van der Waals surface area contributed by atoms with Crippen molar-refractivity contribution >= 4 is 17.4 Å². The van der Waals surface area contributed by atoms with Gasteiger partial charge in [-0.2, -0.15) is 0 Å². The molecule has 0 atom stereocenters. The summed E-state index contributed by atoms with van der Waals surface area (Å²) >= 11 is 1.59. The number of hydrogen-bond acceptors (Lipinski definition) is 5. The number of anilines is 1. The van der Waals surface area contributed by atoms with Gasteiger partial charge >= 0.3 is 0 Å². The fourth-order valence-electron chi connectivity index (χ4n) is 0.939. The van der Waals surface area contributed by atoms with E-state index >= 15 is 0 Å². The smallest absolute Gasteiger partial charge is 0.146 e. The van der Waals surface area contributed by atoms with Crippen LogP contribution in [0.4, 0.5) is 5.69 Å². The SMILES string of the molecule is Nc1ccc(SCc2ccno2)nc1. The zero-order valence-electron chi connectivity index (χ0n) is 7.38. The summed E-state index contributed by atoms with van der Waals surface area (Å²) in [6.07, 6.45) is 3.27.